The Labute approximate surface area is 196 Å². The fourth-order valence-corrected chi connectivity index (χ4v) is 4.08. The van der Waals surface area contributed by atoms with Gasteiger partial charge < -0.3 is 19.4 Å². The molecule has 2 unspecified atom stereocenters. The third-order valence-corrected chi connectivity index (χ3v) is 6.36. The van der Waals surface area contributed by atoms with Crippen LogP contribution < -0.4 is 14.5 Å². The van der Waals surface area contributed by atoms with E-state index in [0.717, 1.165) is 12.4 Å². The van der Waals surface area contributed by atoms with Crippen molar-refractivity contribution in [3.63, 3.8) is 0 Å². The quantitative estimate of drug-likeness (QED) is 0.208. The molecule has 0 fully saturated rings. The first-order valence-corrected chi connectivity index (χ1v) is 12.5. The lowest BCUT2D eigenvalue weighted by Crippen LogP contribution is -2.35. The molecule has 2 atom stereocenters. The minimum atomic E-state index is -1.75. The van der Waals surface area contributed by atoms with Gasteiger partial charge in [-0.1, -0.05) is 19.5 Å². The summed E-state index contributed by atoms with van der Waals surface area (Å²) in [5.41, 5.74) is -1.25. The maximum atomic E-state index is 12.4. The summed E-state index contributed by atoms with van der Waals surface area (Å²) in [4.78, 5) is 38.3. The predicted octanol–water partition coefficient (Wildman–Crippen LogP) is 3.16. The first kappa shape index (κ1) is 26.6. The summed E-state index contributed by atoms with van der Waals surface area (Å²) in [5, 5.41) is 8.83. The number of carboxylic acids is 1. The van der Waals surface area contributed by atoms with Gasteiger partial charge in [-0.3, -0.25) is 4.79 Å². The van der Waals surface area contributed by atoms with Crippen molar-refractivity contribution in [1.82, 2.24) is 14.9 Å². The van der Waals surface area contributed by atoms with Crippen molar-refractivity contribution in [3.05, 3.63) is 42.2 Å². The first-order valence-electron chi connectivity index (χ1n) is 9.94. The van der Waals surface area contributed by atoms with E-state index in [1.807, 2.05) is 34.6 Å². The number of hydrogen-bond donors (Lipinski definition) is 2. The van der Waals surface area contributed by atoms with Crippen LogP contribution in [0.25, 0.3) is 0 Å². The van der Waals surface area contributed by atoms with Gasteiger partial charge in [0.1, 0.15) is 17.7 Å². The highest BCUT2D eigenvalue weighted by molar-refractivity contribution is 7.83. The second-order valence-electron chi connectivity index (χ2n) is 8.59. The van der Waals surface area contributed by atoms with E-state index in [-0.39, 0.29) is 17.5 Å². The number of nitrogens with zero attached hydrogens (tertiary/aromatic N) is 2. The van der Waals surface area contributed by atoms with Crippen molar-refractivity contribution in [2.45, 2.75) is 45.1 Å². The molecule has 0 saturated heterocycles. The van der Waals surface area contributed by atoms with E-state index >= 15 is 0 Å². The largest absolute Gasteiger partial charge is 0.489 e. The number of benzene rings is 1. The Kier molecular flexibility index (Phi) is 9.27. The summed E-state index contributed by atoms with van der Waals surface area (Å²) in [6.07, 6.45) is 3.17. The zero-order chi connectivity index (χ0) is 24.6. The molecular formula is C21H28N3O7PS. The average molecular weight is 498 g/mol. The molecule has 0 aliphatic heterocycles. The maximum absolute atomic E-state index is 12.4. The minimum Gasteiger partial charge on any atom is -0.489 e. The van der Waals surface area contributed by atoms with Crippen molar-refractivity contribution in [1.29, 1.82) is 0 Å². The molecule has 2 aromatic rings. The van der Waals surface area contributed by atoms with Crippen molar-refractivity contribution < 1.29 is 33.2 Å². The molecule has 0 radical (unpaired) electrons. The SMILES string of the molecule is CC(C)(C)OC(=O)C(C)(C)CPCOc1cccc(S(=O)NOc2ncc(C(=O)O)cn2)c1. The second kappa shape index (κ2) is 11.5. The van der Waals surface area contributed by atoms with Gasteiger partial charge in [0, 0.05) is 12.4 Å². The number of nitrogens with one attached hydrogen (secondary N) is 1. The Morgan fingerprint density at radius 3 is 2.42 bits per heavy atom. The summed E-state index contributed by atoms with van der Waals surface area (Å²) in [5.74, 6) is -0.885. The monoisotopic (exact) mass is 497 g/mol. The number of carbonyl (C=O) groups is 2. The molecule has 12 heteroatoms. The van der Waals surface area contributed by atoms with Gasteiger partial charge in [-0.15, -0.1) is 0 Å². The van der Waals surface area contributed by atoms with Crippen LogP contribution in [0.5, 0.6) is 11.8 Å². The number of carbonyl (C=O) groups excluding carboxylic acids is 1. The van der Waals surface area contributed by atoms with Gasteiger partial charge in [-0.05, 0) is 59.0 Å². The van der Waals surface area contributed by atoms with Crippen LogP contribution >= 0.6 is 8.58 Å². The Bertz CT molecular complexity index is 994. The van der Waals surface area contributed by atoms with Crippen molar-refractivity contribution in [2.75, 3.05) is 12.5 Å². The Balaban J connectivity index is 1.83. The van der Waals surface area contributed by atoms with Crippen LogP contribution in [0.15, 0.2) is 41.6 Å². The van der Waals surface area contributed by atoms with E-state index in [9.17, 15) is 13.8 Å². The van der Waals surface area contributed by atoms with Crippen LogP contribution in [0.3, 0.4) is 0 Å². The highest BCUT2D eigenvalue weighted by Gasteiger charge is 2.32. The molecule has 0 spiro atoms. The fraction of sp³-hybridized carbons (Fsp3) is 0.429. The molecule has 10 nitrogen and oxygen atoms in total. The first-order chi connectivity index (χ1) is 15.4. The Morgan fingerprint density at radius 2 is 1.82 bits per heavy atom. The molecule has 1 aromatic carbocycles. The van der Waals surface area contributed by atoms with Gasteiger partial charge in [0.25, 0.3) is 0 Å². The Morgan fingerprint density at radius 1 is 1.15 bits per heavy atom. The van der Waals surface area contributed by atoms with Crippen LogP contribution in [-0.4, -0.2) is 49.3 Å². The maximum Gasteiger partial charge on any atom is 0.338 e. The Hall–Kier alpha value is -2.62. The van der Waals surface area contributed by atoms with Crippen LogP contribution in [0.2, 0.25) is 0 Å². The van der Waals surface area contributed by atoms with E-state index in [1.54, 1.807) is 24.3 Å². The number of carboxylic acid groups (broad SMARTS) is 1. The normalized spacial score (nSPS) is 13.0. The van der Waals surface area contributed by atoms with Gasteiger partial charge in [0.2, 0.25) is 0 Å². The molecule has 0 amide bonds. The van der Waals surface area contributed by atoms with Crippen LogP contribution in [-0.2, 0) is 20.5 Å². The highest BCUT2D eigenvalue weighted by atomic mass is 32.2. The zero-order valence-corrected chi connectivity index (χ0v) is 20.9. The smallest absolute Gasteiger partial charge is 0.338 e. The van der Waals surface area contributed by atoms with Gasteiger partial charge in [-0.25, -0.2) is 19.0 Å². The van der Waals surface area contributed by atoms with Gasteiger partial charge >= 0.3 is 17.9 Å². The third kappa shape index (κ3) is 9.03. The molecule has 0 aliphatic rings. The van der Waals surface area contributed by atoms with Crippen molar-refractivity contribution in [3.8, 4) is 11.8 Å². The highest BCUT2D eigenvalue weighted by Crippen LogP contribution is 2.29. The molecule has 180 valence electrons. The molecular weight excluding hydrogens is 469 g/mol. The number of aromatic carboxylic acids is 1. The summed E-state index contributed by atoms with van der Waals surface area (Å²) in [6.45, 7) is 9.22. The summed E-state index contributed by atoms with van der Waals surface area (Å²) >= 11 is 0. The van der Waals surface area contributed by atoms with Crippen LogP contribution in [0, 0.1) is 5.41 Å². The van der Waals surface area contributed by atoms with E-state index < -0.39 is 28.0 Å². The predicted molar refractivity (Wildman–Crippen MR) is 124 cm³/mol. The average Bonchev–Trinajstić information content (AvgIpc) is 2.74. The minimum absolute atomic E-state index is 0.0940. The van der Waals surface area contributed by atoms with Crippen LogP contribution in [0.1, 0.15) is 45.0 Å². The lowest BCUT2D eigenvalue weighted by molar-refractivity contribution is -0.164. The zero-order valence-electron chi connectivity index (χ0n) is 19.1. The number of rotatable bonds is 11. The standard InChI is InChI=1S/C21H28N3O7PS/c1-20(2,3)30-18(27)21(4,5)12-32-13-29-15-7-6-8-16(9-15)33(28)24-31-19-22-10-14(11-23-19)17(25)26/h6-11,24,32H,12-13H2,1-5H3,(H,25,26). The lowest BCUT2D eigenvalue weighted by atomic mass is 9.96. The molecule has 2 N–H and O–H groups in total. The number of hydrogen-bond acceptors (Lipinski definition) is 8. The molecule has 1 heterocycles. The van der Waals surface area contributed by atoms with Gasteiger partial charge in [-0.2, -0.15) is 0 Å². The number of esters is 1. The molecule has 0 bridgehead atoms. The van der Waals surface area contributed by atoms with E-state index in [1.165, 1.54) is 0 Å². The van der Waals surface area contributed by atoms with E-state index in [0.29, 0.717) is 31.7 Å². The van der Waals surface area contributed by atoms with Gasteiger partial charge in [0.05, 0.1) is 15.9 Å². The van der Waals surface area contributed by atoms with E-state index in [2.05, 4.69) is 14.9 Å². The molecule has 2 rings (SSSR count). The third-order valence-electron chi connectivity index (χ3n) is 3.96. The topological polar surface area (TPSA) is 137 Å². The summed E-state index contributed by atoms with van der Waals surface area (Å²) < 4.78 is 23.6. The number of aromatic nitrogens is 2. The van der Waals surface area contributed by atoms with E-state index in [4.69, 9.17) is 19.4 Å². The fourth-order valence-electron chi connectivity index (χ4n) is 2.27. The molecule has 0 aliphatic carbocycles. The summed E-state index contributed by atoms with van der Waals surface area (Å²) in [7, 11) is -1.39. The van der Waals surface area contributed by atoms with Crippen molar-refractivity contribution >= 4 is 31.5 Å². The lowest BCUT2D eigenvalue weighted by Gasteiger charge is -2.28. The molecule has 0 saturated carbocycles. The molecule has 33 heavy (non-hydrogen) atoms. The molecule has 1 aromatic heterocycles. The van der Waals surface area contributed by atoms with Gasteiger partial charge in [0.15, 0.2) is 11.0 Å². The number of ether oxygens (including phenoxy) is 2. The van der Waals surface area contributed by atoms with Crippen molar-refractivity contribution in [2.24, 2.45) is 5.41 Å². The van der Waals surface area contributed by atoms with Crippen LogP contribution in [0.4, 0.5) is 0 Å². The second-order valence-corrected chi connectivity index (χ2v) is 10.9. The summed E-state index contributed by atoms with van der Waals surface area (Å²) in [6, 6.07) is 6.48.